The minimum Gasteiger partial charge on any atom is -0.368 e. The third kappa shape index (κ3) is 6.32. The highest BCUT2D eigenvalue weighted by atomic mass is 16.6. The molecular formula is C9H20O2. The van der Waals surface area contributed by atoms with Crippen LogP contribution in [-0.4, -0.2) is 18.0 Å². The normalized spacial score (nSPS) is 13.9. The van der Waals surface area contributed by atoms with Crippen molar-refractivity contribution in [2.24, 2.45) is 5.92 Å². The van der Waals surface area contributed by atoms with Gasteiger partial charge in [0.15, 0.2) is 6.29 Å². The average Bonchev–Trinajstić information content (AvgIpc) is 1.97. The maximum absolute atomic E-state index is 9.20. The van der Waals surface area contributed by atoms with E-state index >= 15 is 0 Å². The molecule has 0 spiro atoms. The molecule has 2 heteroatoms. The zero-order valence-electron chi connectivity index (χ0n) is 7.84. The summed E-state index contributed by atoms with van der Waals surface area (Å²) < 4.78 is 5.16. The molecule has 0 aliphatic heterocycles. The first kappa shape index (κ1) is 10.9. The number of hydrogen-bond acceptors (Lipinski definition) is 2. The van der Waals surface area contributed by atoms with E-state index in [1.807, 2.05) is 13.8 Å². The van der Waals surface area contributed by atoms with Crippen molar-refractivity contribution < 1.29 is 9.84 Å². The topological polar surface area (TPSA) is 29.5 Å². The Morgan fingerprint density at radius 2 is 1.91 bits per heavy atom. The fourth-order valence-corrected chi connectivity index (χ4v) is 0.749. The molecule has 2 nitrogen and oxygen atoms in total. The van der Waals surface area contributed by atoms with E-state index in [0.29, 0.717) is 6.61 Å². The monoisotopic (exact) mass is 160 g/mol. The molecule has 0 heterocycles. The Balaban J connectivity index is 3.10. The number of aliphatic hydroxyl groups excluding tert-OH is 1. The van der Waals surface area contributed by atoms with Gasteiger partial charge in [-0.1, -0.05) is 33.6 Å². The van der Waals surface area contributed by atoms with Crippen molar-refractivity contribution in [2.75, 3.05) is 6.61 Å². The highest BCUT2D eigenvalue weighted by molar-refractivity contribution is 4.46. The first-order chi connectivity index (χ1) is 5.18. The van der Waals surface area contributed by atoms with E-state index < -0.39 is 6.29 Å². The molecule has 1 N–H and O–H groups in total. The third-order valence-electron chi connectivity index (χ3n) is 1.61. The molecule has 11 heavy (non-hydrogen) atoms. The zero-order valence-corrected chi connectivity index (χ0v) is 7.84. The van der Waals surface area contributed by atoms with Crippen LogP contribution in [0.4, 0.5) is 0 Å². The van der Waals surface area contributed by atoms with Crippen LogP contribution in [0, 0.1) is 5.92 Å². The van der Waals surface area contributed by atoms with Crippen molar-refractivity contribution in [3.63, 3.8) is 0 Å². The number of hydrogen-bond donors (Lipinski definition) is 1. The molecule has 0 aromatic rings. The maximum atomic E-state index is 9.20. The van der Waals surface area contributed by atoms with Gasteiger partial charge in [-0.05, 0) is 6.42 Å². The number of rotatable bonds is 6. The van der Waals surface area contributed by atoms with Crippen LogP contribution in [0.1, 0.15) is 40.0 Å². The van der Waals surface area contributed by atoms with E-state index in [9.17, 15) is 5.11 Å². The van der Waals surface area contributed by atoms with E-state index in [0.717, 1.165) is 6.42 Å². The van der Waals surface area contributed by atoms with Gasteiger partial charge in [0.05, 0.1) is 0 Å². The van der Waals surface area contributed by atoms with Crippen LogP contribution in [0.25, 0.3) is 0 Å². The van der Waals surface area contributed by atoms with Crippen LogP contribution in [0.15, 0.2) is 0 Å². The van der Waals surface area contributed by atoms with Crippen LogP contribution in [0.3, 0.4) is 0 Å². The van der Waals surface area contributed by atoms with Gasteiger partial charge >= 0.3 is 0 Å². The number of ether oxygens (including phenoxy) is 1. The Labute approximate surface area is 69.6 Å². The van der Waals surface area contributed by atoms with Crippen molar-refractivity contribution >= 4 is 0 Å². The van der Waals surface area contributed by atoms with Gasteiger partial charge in [-0.25, -0.2) is 0 Å². The summed E-state index contributed by atoms with van der Waals surface area (Å²) in [5.41, 5.74) is 0. The first-order valence-electron chi connectivity index (χ1n) is 4.48. The SMILES string of the molecule is CCCCCOC(O)C(C)C. The van der Waals surface area contributed by atoms with E-state index in [-0.39, 0.29) is 5.92 Å². The van der Waals surface area contributed by atoms with Gasteiger partial charge in [0.2, 0.25) is 0 Å². The largest absolute Gasteiger partial charge is 0.368 e. The number of aliphatic hydroxyl groups is 1. The van der Waals surface area contributed by atoms with Gasteiger partial charge in [0.25, 0.3) is 0 Å². The van der Waals surface area contributed by atoms with Gasteiger partial charge < -0.3 is 9.84 Å². The molecule has 0 rings (SSSR count). The van der Waals surface area contributed by atoms with Crippen LogP contribution in [0.5, 0.6) is 0 Å². The Kier molecular flexibility index (Phi) is 6.57. The molecule has 1 atom stereocenters. The number of unbranched alkanes of at least 4 members (excludes halogenated alkanes) is 2. The predicted octanol–water partition coefficient (Wildman–Crippen LogP) is 2.17. The molecule has 1 unspecified atom stereocenters. The van der Waals surface area contributed by atoms with Crippen molar-refractivity contribution in [3.8, 4) is 0 Å². The molecule has 0 fully saturated rings. The second kappa shape index (κ2) is 6.62. The second-order valence-electron chi connectivity index (χ2n) is 3.21. The second-order valence-corrected chi connectivity index (χ2v) is 3.21. The molecule has 0 aromatic heterocycles. The predicted molar refractivity (Wildman–Crippen MR) is 46.3 cm³/mol. The van der Waals surface area contributed by atoms with Gasteiger partial charge in [-0.15, -0.1) is 0 Å². The van der Waals surface area contributed by atoms with E-state index in [1.54, 1.807) is 0 Å². The molecule has 0 aliphatic carbocycles. The van der Waals surface area contributed by atoms with E-state index in [1.165, 1.54) is 12.8 Å². The smallest absolute Gasteiger partial charge is 0.156 e. The molecule has 0 radical (unpaired) electrons. The Morgan fingerprint density at radius 1 is 1.27 bits per heavy atom. The lowest BCUT2D eigenvalue weighted by Gasteiger charge is -2.14. The van der Waals surface area contributed by atoms with E-state index in [2.05, 4.69) is 6.92 Å². The Morgan fingerprint density at radius 3 is 2.36 bits per heavy atom. The molecular weight excluding hydrogens is 140 g/mol. The lowest BCUT2D eigenvalue weighted by molar-refractivity contribution is -0.126. The first-order valence-corrected chi connectivity index (χ1v) is 4.48. The molecule has 68 valence electrons. The third-order valence-corrected chi connectivity index (χ3v) is 1.61. The fraction of sp³-hybridized carbons (Fsp3) is 1.00. The van der Waals surface area contributed by atoms with Crippen LogP contribution < -0.4 is 0 Å². The molecule has 0 saturated heterocycles. The van der Waals surface area contributed by atoms with Crippen LogP contribution in [0.2, 0.25) is 0 Å². The zero-order chi connectivity index (χ0) is 8.69. The molecule has 0 saturated carbocycles. The standard InChI is InChI=1S/C9H20O2/c1-4-5-6-7-11-9(10)8(2)3/h8-10H,4-7H2,1-3H3. The van der Waals surface area contributed by atoms with Gasteiger partial charge in [-0.2, -0.15) is 0 Å². The molecule has 0 aliphatic rings. The molecule has 0 amide bonds. The lowest BCUT2D eigenvalue weighted by atomic mass is 10.2. The molecule has 0 aromatic carbocycles. The highest BCUT2D eigenvalue weighted by Crippen LogP contribution is 2.04. The average molecular weight is 160 g/mol. The van der Waals surface area contributed by atoms with Gasteiger partial charge in [-0.3, -0.25) is 0 Å². The highest BCUT2D eigenvalue weighted by Gasteiger charge is 2.07. The summed E-state index contributed by atoms with van der Waals surface area (Å²) in [5.74, 6) is 0.205. The molecule has 0 bridgehead atoms. The van der Waals surface area contributed by atoms with Crippen molar-refractivity contribution in [1.82, 2.24) is 0 Å². The van der Waals surface area contributed by atoms with Gasteiger partial charge in [0, 0.05) is 12.5 Å². The van der Waals surface area contributed by atoms with Crippen LogP contribution >= 0.6 is 0 Å². The minimum atomic E-state index is -0.577. The van der Waals surface area contributed by atoms with Crippen molar-refractivity contribution in [2.45, 2.75) is 46.3 Å². The fourth-order valence-electron chi connectivity index (χ4n) is 0.749. The van der Waals surface area contributed by atoms with Gasteiger partial charge in [0.1, 0.15) is 0 Å². The Bertz CT molecular complexity index is 81.6. The quantitative estimate of drug-likeness (QED) is 0.476. The van der Waals surface area contributed by atoms with Crippen molar-refractivity contribution in [3.05, 3.63) is 0 Å². The minimum absolute atomic E-state index is 0.205. The Hall–Kier alpha value is -0.0800. The van der Waals surface area contributed by atoms with Crippen molar-refractivity contribution in [1.29, 1.82) is 0 Å². The summed E-state index contributed by atoms with van der Waals surface area (Å²) in [6, 6.07) is 0. The van der Waals surface area contributed by atoms with Crippen LogP contribution in [-0.2, 0) is 4.74 Å². The maximum Gasteiger partial charge on any atom is 0.156 e. The summed E-state index contributed by atoms with van der Waals surface area (Å²) >= 11 is 0. The summed E-state index contributed by atoms with van der Waals surface area (Å²) in [5, 5.41) is 9.20. The summed E-state index contributed by atoms with van der Waals surface area (Å²) in [7, 11) is 0. The van der Waals surface area contributed by atoms with E-state index in [4.69, 9.17) is 4.74 Å². The summed E-state index contributed by atoms with van der Waals surface area (Å²) in [6.07, 6.45) is 2.86. The lowest BCUT2D eigenvalue weighted by Crippen LogP contribution is -2.19. The summed E-state index contributed by atoms with van der Waals surface area (Å²) in [6.45, 7) is 6.74. The summed E-state index contributed by atoms with van der Waals surface area (Å²) in [4.78, 5) is 0.